The van der Waals surface area contributed by atoms with Crippen LogP contribution in [0.2, 0.25) is 0 Å². The van der Waals surface area contributed by atoms with Gasteiger partial charge in [0.15, 0.2) is 0 Å². The van der Waals surface area contributed by atoms with E-state index in [0.717, 1.165) is 24.2 Å². The first-order valence-corrected chi connectivity index (χ1v) is 9.17. The summed E-state index contributed by atoms with van der Waals surface area (Å²) in [6.07, 6.45) is 5.64. The predicted octanol–water partition coefficient (Wildman–Crippen LogP) is 5.78. The van der Waals surface area contributed by atoms with Crippen LogP contribution >= 0.6 is 0 Å². The molecule has 3 nitrogen and oxygen atoms in total. The van der Waals surface area contributed by atoms with Crippen LogP contribution in [0.25, 0.3) is 0 Å². The maximum absolute atomic E-state index is 12.2. The second kappa shape index (κ2) is 10.5. The number of hydrogen-bond acceptors (Lipinski definition) is 3. The van der Waals surface area contributed by atoms with Gasteiger partial charge in [-0.25, -0.2) is 4.79 Å². The first-order chi connectivity index (χ1) is 12.2. The Labute approximate surface area is 151 Å². The molecule has 0 aliphatic heterocycles. The molecule has 2 aromatic rings. The van der Waals surface area contributed by atoms with Gasteiger partial charge in [-0.15, -0.1) is 0 Å². The van der Waals surface area contributed by atoms with Crippen molar-refractivity contribution in [1.29, 1.82) is 0 Å². The minimum Gasteiger partial charge on any atom is -0.489 e. The van der Waals surface area contributed by atoms with E-state index in [9.17, 15) is 4.79 Å². The Kier molecular flexibility index (Phi) is 8.03. The Hall–Kier alpha value is -2.29. The molecule has 0 bridgehead atoms. The Balaban J connectivity index is 1.77. The van der Waals surface area contributed by atoms with Crippen molar-refractivity contribution in [1.82, 2.24) is 0 Å². The number of carbonyl (C=O) groups is 1. The van der Waals surface area contributed by atoms with Crippen LogP contribution in [-0.4, -0.2) is 12.1 Å². The molecule has 134 valence electrons. The van der Waals surface area contributed by atoms with E-state index in [-0.39, 0.29) is 12.1 Å². The van der Waals surface area contributed by atoms with Gasteiger partial charge in [0.2, 0.25) is 0 Å². The molecule has 3 heteroatoms. The van der Waals surface area contributed by atoms with Gasteiger partial charge in [-0.3, -0.25) is 0 Å². The van der Waals surface area contributed by atoms with Gasteiger partial charge in [0.25, 0.3) is 0 Å². The molecule has 2 rings (SSSR count). The molecule has 0 spiro atoms. The molecule has 25 heavy (non-hydrogen) atoms. The Morgan fingerprint density at radius 1 is 0.960 bits per heavy atom. The maximum Gasteiger partial charge on any atom is 0.338 e. The minimum atomic E-state index is -0.266. The van der Waals surface area contributed by atoms with Gasteiger partial charge in [0, 0.05) is 0 Å². The van der Waals surface area contributed by atoms with Crippen molar-refractivity contribution in [2.24, 2.45) is 0 Å². The number of rotatable bonds is 10. The van der Waals surface area contributed by atoms with Crippen molar-refractivity contribution < 1.29 is 14.3 Å². The fourth-order valence-corrected chi connectivity index (χ4v) is 2.60. The number of esters is 1. The third kappa shape index (κ3) is 7.00. The van der Waals surface area contributed by atoms with Crippen LogP contribution in [0.1, 0.15) is 61.9 Å². The highest BCUT2D eigenvalue weighted by atomic mass is 16.5. The highest BCUT2D eigenvalue weighted by Gasteiger charge is 2.12. The van der Waals surface area contributed by atoms with Crippen molar-refractivity contribution in [3.63, 3.8) is 0 Å². The molecular weight excluding hydrogens is 312 g/mol. The van der Waals surface area contributed by atoms with E-state index in [1.165, 1.54) is 19.3 Å². The Bertz CT molecular complexity index is 619. The normalized spacial score (nSPS) is 11.8. The van der Waals surface area contributed by atoms with E-state index in [1.807, 2.05) is 49.4 Å². The highest BCUT2D eigenvalue weighted by Crippen LogP contribution is 2.16. The summed E-state index contributed by atoms with van der Waals surface area (Å²) in [6.45, 7) is 4.66. The Morgan fingerprint density at radius 2 is 1.68 bits per heavy atom. The summed E-state index contributed by atoms with van der Waals surface area (Å²) in [5.74, 6) is 0.477. The molecule has 0 fully saturated rings. The highest BCUT2D eigenvalue weighted by molar-refractivity contribution is 5.89. The first-order valence-electron chi connectivity index (χ1n) is 9.17. The van der Waals surface area contributed by atoms with Gasteiger partial charge in [0.05, 0.1) is 11.7 Å². The van der Waals surface area contributed by atoms with Crippen LogP contribution in [0.15, 0.2) is 54.6 Å². The molecule has 2 aromatic carbocycles. The lowest BCUT2D eigenvalue weighted by molar-refractivity contribution is 0.0319. The van der Waals surface area contributed by atoms with Crippen LogP contribution in [0.5, 0.6) is 5.75 Å². The molecule has 0 aliphatic carbocycles. The van der Waals surface area contributed by atoms with E-state index in [4.69, 9.17) is 9.47 Å². The van der Waals surface area contributed by atoms with Crippen LogP contribution in [0.4, 0.5) is 0 Å². The smallest absolute Gasteiger partial charge is 0.338 e. The van der Waals surface area contributed by atoms with Gasteiger partial charge in [-0.1, -0.05) is 56.5 Å². The summed E-state index contributed by atoms with van der Waals surface area (Å²) in [6, 6.07) is 17.1. The van der Waals surface area contributed by atoms with Crippen LogP contribution < -0.4 is 4.74 Å². The molecule has 0 unspecified atom stereocenters. The van der Waals surface area contributed by atoms with E-state index in [1.54, 1.807) is 12.1 Å². The van der Waals surface area contributed by atoms with Crippen molar-refractivity contribution in [3.8, 4) is 5.75 Å². The summed E-state index contributed by atoms with van der Waals surface area (Å²) < 4.78 is 11.2. The van der Waals surface area contributed by atoms with E-state index >= 15 is 0 Å². The molecule has 1 atom stereocenters. The van der Waals surface area contributed by atoms with Crippen LogP contribution in [-0.2, 0) is 11.3 Å². The third-order valence-corrected chi connectivity index (χ3v) is 4.11. The lowest BCUT2D eigenvalue weighted by atomic mass is 10.1. The topological polar surface area (TPSA) is 35.5 Å². The number of ether oxygens (including phenoxy) is 2. The quantitative estimate of drug-likeness (QED) is 0.406. The minimum absolute atomic E-state index is 0.0432. The summed E-state index contributed by atoms with van der Waals surface area (Å²) in [5.41, 5.74) is 1.68. The molecule has 0 heterocycles. The standard InChI is InChI=1S/C22H28O3/c1-3-4-5-7-10-18(2)25-22(23)20-13-15-21(16-14-20)24-17-19-11-8-6-9-12-19/h6,8-9,11-16,18H,3-5,7,10,17H2,1-2H3/t18-/m0/s1. The first kappa shape index (κ1) is 19.0. The van der Waals surface area contributed by atoms with Gasteiger partial charge in [-0.2, -0.15) is 0 Å². The average Bonchev–Trinajstić information content (AvgIpc) is 2.65. The van der Waals surface area contributed by atoms with Crippen molar-refractivity contribution in [2.45, 2.75) is 58.7 Å². The van der Waals surface area contributed by atoms with E-state index < -0.39 is 0 Å². The zero-order valence-electron chi connectivity index (χ0n) is 15.2. The monoisotopic (exact) mass is 340 g/mol. The van der Waals surface area contributed by atoms with Crippen LogP contribution in [0, 0.1) is 0 Å². The van der Waals surface area contributed by atoms with Gasteiger partial charge in [-0.05, 0) is 49.6 Å². The molecule has 0 radical (unpaired) electrons. The fourth-order valence-electron chi connectivity index (χ4n) is 2.60. The summed E-state index contributed by atoms with van der Waals surface area (Å²) in [5, 5.41) is 0. The Morgan fingerprint density at radius 3 is 2.36 bits per heavy atom. The molecule has 0 aliphatic rings. The van der Waals surface area contributed by atoms with Gasteiger partial charge >= 0.3 is 5.97 Å². The molecule has 0 saturated carbocycles. The molecule has 0 N–H and O–H groups in total. The summed E-state index contributed by atoms with van der Waals surface area (Å²) >= 11 is 0. The van der Waals surface area contributed by atoms with E-state index in [2.05, 4.69) is 6.92 Å². The second-order valence-corrected chi connectivity index (χ2v) is 6.36. The maximum atomic E-state index is 12.2. The second-order valence-electron chi connectivity index (χ2n) is 6.36. The zero-order valence-corrected chi connectivity index (χ0v) is 15.2. The molecule has 0 amide bonds. The SMILES string of the molecule is CCCCCC[C@H](C)OC(=O)c1ccc(OCc2ccccc2)cc1. The van der Waals surface area contributed by atoms with Crippen molar-refractivity contribution >= 4 is 5.97 Å². The number of benzene rings is 2. The predicted molar refractivity (Wildman–Crippen MR) is 101 cm³/mol. The molecule has 0 saturated heterocycles. The number of carbonyl (C=O) groups excluding carboxylic acids is 1. The lowest BCUT2D eigenvalue weighted by Gasteiger charge is -2.13. The average molecular weight is 340 g/mol. The lowest BCUT2D eigenvalue weighted by Crippen LogP contribution is -2.15. The zero-order chi connectivity index (χ0) is 17.9. The number of hydrogen-bond donors (Lipinski definition) is 0. The van der Waals surface area contributed by atoms with Crippen molar-refractivity contribution in [3.05, 3.63) is 65.7 Å². The van der Waals surface area contributed by atoms with Gasteiger partial charge < -0.3 is 9.47 Å². The summed E-state index contributed by atoms with van der Waals surface area (Å²) in [4.78, 5) is 12.2. The third-order valence-electron chi connectivity index (χ3n) is 4.11. The summed E-state index contributed by atoms with van der Waals surface area (Å²) in [7, 11) is 0. The van der Waals surface area contributed by atoms with E-state index in [0.29, 0.717) is 12.2 Å². The van der Waals surface area contributed by atoms with Crippen molar-refractivity contribution in [2.75, 3.05) is 0 Å². The largest absolute Gasteiger partial charge is 0.489 e. The number of unbranched alkanes of at least 4 members (excludes halogenated alkanes) is 3. The van der Waals surface area contributed by atoms with Crippen LogP contribution in [0.3, 0.4) is 0 Å². The molecule has 0 aromatic heterocycles. The van der Waals surface area contributed by atoms with Gasteiger partial charge in [0.1, 0.15) is 12.4 Å². The fraction of sp³-hybridized carbons (Fsp3) is 0.409. The molecular formula is C22H28O3.